The maximum absolute atomic E-state index is 4.97. The van der Waals surface area contributed by atoms with Crippen LogP contribution in [0.5, 0.6) is 0 Å². The molecule has 0 aromatic heterocycles. The Balaban J connectivity index is 2.69. The lowest BCUT2D eigenvalue weighted by Gasteiger charge is -1.98. The summed E-state index contributed by atoms with van der Waals surface area (Å²) in [4.78, 5) is 0. The van der Waals surface area contributed by atoms with Crippen molar-refractivity contribution in [3.63, 3.8) is 0 Å². The van der Waals surface area contributed by atoms with Gasteiger partial charge in [0.25, 0.3) is 0 Å². The van der Waals surface area contributed by atoms with E-state index in [0.29, 0.717) is 6.79 Å². The molecular formula is C6H9O2+. The molecule has 0 aliphatic carbocycles. The lowest BCUT2D eigenvalue weighted by atomic mass is 10.4. The molecule has 44 valence electrons. The summed E-state index contributed by atoms with van der Waals surface area (Å²) in [7, 11) is 0. The zero-order valence-electron chi connectivity index (χ0n) is 5.10. The monoisotopic (exact) mass is 113 g/mol. The Morgan fingerprint density at radius 1 is 1.62 bits per heavy atom. The molecule has 0 spiro atoms. The van der Waals surface area contributed by atoms with Crippen molar-refractivity contribution in [2.24, 2.45) is 0 Å². The summed E-state index contributed by atoms with van der Waals surface area (Å²) in [6.07, 6.45) is 1.86. The fraction of sp³-hybridized carbons (Fsp3) is 0.500. The Hall–Kier alpha value is -0.790. The minimum Gasteiger partial charge on any atom is -0.418 e. The molecule has 0 radical (unpaired) electrons. The van der Waals surface area contributed by atoms with E-state index in [4.69, 9.17) is 9.16 Å². The van der Waals surface area contributed by atoms with E-state index in [1.165, 1.54) is 0 Å². The first kappa shape index (κ1) is 5.35. The van der Waals surface area contributed by atoms with Gasteiger partial charge in [-0.05, 0) is 6.92 Å². The third-order valence-corrected chi connectivity index (χ3v) is 0.980. The molecule has 0 N–H and O–H groups in total. The Morgan fingerprint density at radius 3 is 2.75 bits per heavy atom. The van der Waals surface area contributed by atoms with Gasteiger partial charge >= 0.3 is 12.6 Å². The summed E-state index contributed by atoms with van der Waals surface area (Å²) in [5.74, 6) is 1.85. The zero-order chi connectivity index (χ0) is 5.98. The van der Waals surface area contributed by atoms with Crippen molar-refractivity contribution in [2.45, 2.75) is 13.8 Å². The molecule has 0 atom stereocenters. The lowest BCUT2D eigenvalue weighted by molar-refractivity contribution is -0.506. The van der Waals surface area contributed by atoms with Gasteiger partial charge in [0.1, 0.15) is 5.76 Å². The average molecular weight is 113 g/mol. The van der Waals surface area contributed by atoms with Crippen LogP contribution < -0.4 is 0 Å². The Morgan fingerprint density at radius 2 is 2.38 bits per heavy atom. The van der Waals surface area contributed by atoms with E-state index in [1.54, 1.807) is 0 Å². The van der Waals surface area contributed by atoms with E-state index in [0.717, 1.165) is 11.5 Å². The first-order chi connectivity index (χ1) is 3.79. The topological polar surface area (TPSA) is 20.5 Å². The second kappa shape index (κ2) is 1.99. The summed E-state index contributed by atoms with van der Waals surface area (Å²) in [5.41, 5.74) is 0. The van der Waals surface area contributed by atoms with Gasteiger partial charge in [-0.2, -0.15) is 0 Å². The molecule has 2 nitrogen and oxygen atoms in total. The molecule has 0 bridgehead atoms. The maximum Gasteiger partial charge on any atom is 0.411 e. The predicted molar refractivity (Wildman–Crippen MR) is 30.4 cm³/mol. The molecule has 0 unspecified atom stereocenters. The second-order valence-electron chi connectivity index (χ2n) is 1.77. The van der Waals surface area contributed by atoms with Crippen molar-refractivity contribution in [1.82, 2.24) is 0 Å². The van der Waals surface area contributed by atoms with Crippen LogP contribution in [-0.2, 0) is 9.16 Å². The van der Waals surface area contributed by atoms with E-state index < -0.39 is 0 Å². The van der Waals surface area contributed by atoms with Crippen LogP contribution in [0, 0.1) is 0 Å². The summed E-state index contributed by atoms with van der Waals surface area (Å²) < 4.78 is 9.93. The van der Waals surface area contributed by atoms with Gasteiger partial charge in [0, 0.05) is 0 Å². The van der Waals surface area contributed by atoms with Crippen LogP contribution in [0.15, 0.2) is 11.8 Å². The van der Waals surface area contributed by atoms with E-state index in [9.17, 15) is 0 Å². The van der Waals surface area contributed by atoms with Crippen molar-refractivity contribution < 1.29 is 9.16 Å². The fourth-order valence-corrected chi connectivity index (χ4v) is 0.585. The number of allylic oxidation sites excluding steroid dienone is 2. The maximum atomic E-state index is 4.97. The van der Waals surface area contributed by atoms with Crippen molar-refractivity contribution >= 4 is 5.78 Å². The Bertz CT molecular complexity index is 145. The predicted octanol–water partition coefficient (Wildman–Crippen LogP) is 1.00. The highest BCUT2D eigenvalue weighted by atomic mass is 16.6. The molecule has 8 heavy (non-hydrogen) atoms. The van der Waals surface area contributed by atoms with Gasteiger partial charge < -0.3 is 4.74 Å². The molecule has 0 saturated carbocycles. The number of carbonyl (C=O) groups excluding carboxylic acids is 1. The molecular weight excluding hydrogens is 104 g/mol. The fourth-order valence-electron chi connectivity index (χ4n) is 0.585. The lowest BCUT2D eigenvalue weighted by Crippen LogP contribution is -2.05. The molecule has 0 fully saturated rings. The van der Waals surface area contributed by atoms with Crippen molar-refractivity contribution in [1.29, 1.82) is 0 Å². The molecule has 2 heteroatoms. The van der Waals surface area contributed by atoms with Crippen molar-refractivity contribution in [3.8, 4) is 0 Å². The second-order valence-corrected chi connectivity index (χ2v) is 1.77. The third-order valence-electron chi connectivity index (χ3n) is 0.980. The highest BCUT2D eigenvalue weighted by Crippen LogP contribution is 1.98. The van der Waals surface area contributed by atoms with E-state index in [2.05, 4.69) is 0 Å². The van der Waals surface area contributed by atoms with Crippen molar-refractivity contribution in [2.75, 3.05) is 6.79 Å². The summed E-state index contributed by atoms with van der Waals surface area (Å²) in [6.45, 7) is 4.19. The van der Waals surface area contributed by atoms with Gasteiger partial charge in [-0.15, -0.1) is 0 Å². The van der Waals surface area contributed by atoms with Crippen LogP contribution in [0.3, 0.4) is 0 Å². The highest BCUT2D eigenvalue weighted by Gasteiger charge is 2.07. The minimum absolute atomic E-state index is 0.369. The first-order valence-electron chi connectivity index (χ1n) is 2.56. The first-order valence-corrected chi connectivity index (χ1v) is 2.56. The van der Waals surface area contributed by atoms with Gasteiger partial charge in [0.15, 0.2) is 0 Å². The number of rotatable bonds is 0. The normalized spacial score (nSPS) is 18.8. The highest BCUT2D eigenvalue weighted by molar-refractivity contribution is 5.88. The quantitative estimate of drug-likeness (QED) is 0.429. The molecule has 0 aromatic carbocycles. The molecule has 1 rings (SSSR count). The van der Waals surface area contributed by atoms with Crippen LogP contribution in [0.2, 0.25) is 0 Å². The van der Waals surface area contributed by atoms with Crippen LogP contribution in [0.4, 0.5) is 0 Å². The molecule has 1 aliphatic rings. The van der Waals surface area contributed by atoms with Gasteiger partial charge in [0.05, 0.1) is 13.0 Å². The Labute approximate surface area is 48.5 Å². The smallest absolute Gasteiger partial charge is 0.411 e. The molecule has 0 aromatic rings. The summed E-state index contributed by atoms with van der Waals surface area (Å²) in [6, 6.07) is 0. The van der Waals surface area contributed by atoms with Gasteiger partial charge in [0.2, 0.25) is 0 Å². The van der Waals surface area contributed by atoms with Crippen LogP contribution in [0.25, 0.3) is 0 Å². The van der Waals surface area contributed by atoms with E-state index in [1.807, 2.05) is 19.9 Å². The van der Waals surface area contributed by atoms with Crippen LogP contribution in [-0.4, -0.2) is 12.6 Å². The van der Waals surface area contributed by atoms with Gasteiger partial charge in [-0.3, -0.25) is 0 Å². The van der Waals surface area contributed by atoms with E-state index >= 15 is 0 Å². The standard InChI is InChI=1S/C6H9O2/c1-5-3-6(2)8-4-7-5/h3H,4H2,1-2H3/q+1. The number of ketones is 1. The SMILES string of the molecule is CC1=CC(C)=[O+]CO1. The van der Waals surface area contributed by atoms with Gasteiger partial charge in [-0.1, -0.05) is 0 Å². The molecule has 0 saturated heterocycles. The molecule has 1 heterocycles. The van der Waals surface area contributed by atoms with Crippen LogP contribution in [0.1, 0.15) is 13.8 Å². The number of ether oxygens (including phenoxy) is 1. The Kier molecular flexibility index (Phi) is 1.33. The summed E-state index contributed by atoms with van der Waals surface area (Å²) in [5, 5.41) is 0. The van der Waals surface area contributed by atoms with Gasteiger partial charge in [-0.25, -0.2) is 4.42 Å². The largest absolute Gasteiger partial charge is 0.418 e. The number of hydrogen-bond donors (Lipinski definition) is 0. The minimum atomic E-state index is 0.369. The number of hydrogen-bond acceptors (Lipinski definition) is 1. The molecule has 1 aliphatic heterocycles. The average Bonchev–Trinajstić information content (AvgIpc) is 1.64. The summed E-state index contributed by atoms with van der Waals surface area (Å²) >= 11 is 0. The molecule has 0 amide bonds. The van der Waals surface area contributed by atoms with Crippen LogP contribution >= 0.6 is 0 Å². The third kappa shape index (κ3) is 1.09. The van der Waals surface area contributed by atoms with E-state index in [-0.39, 0.29) is 0 Å². The zero-order valence-corrected chi connectivity index (χ0v) is 5.10. The van der Waals surface area contributed by atoms with Crippen molar-refractivity contribution in [3.05, 3.63) is 11.8 Å².